The molecule has 2 aromatic rings. The van der Waals surface area contributed by atoms with Crippen molar-refractivity contribution >= 4 is 5.82 Å². The third-order valence-electron chi connectivity index (χ3n) is 3.17. The molecule has 1 aromatic carbocycles. The van der Waals surface area contributed by atoms with Crippen LogP contribution in [0.1, 0.15) is 24.1 Å². The summed E-state index contributed by atoms with van der Waals surface area (Å²) in [4.78, 5) is 6.06. The van der Waals surface area contributed by atoms with E-state index in [1.54, 1.807) is 30.5 Å². The molecule has 1 heterocycles. The summed E-state index contributed by atoms with van der Waals surface area (Å²) in [5.41, 5.74) is 1.15. The minimum absolute atomic E-state index is 0.164. The number of halogens is 1. The van der Waals surface area contributed by atoms with Gasteiger partial charge in [-0.25, -0.2) is 9.37 Å². The number of anilines is 1. The maximum Gasteiger partial charge on any atom is 0.130 e. The summed E-state index contributed by atoms with van der Waals surface area (Å²) in [6.07, 6.45) is 1.58. The first-order chi connectivity index (χ1) is 9.13. The molecule has 0 bridgehead atoms. The second kappa shape index (κ2) is 5.49. The van der Waals surface area contributed by atoms with Gasteiger partial charge in [-0.15, -0.1) is 0 Å². The number of aromatic nitrogens is 1. The Morgan fingerprint density at radius 2 is 2.05 bits per heavy atom. The second-order valence-electron chi connectivity index (χ2n) is 4.32. The summed E-state index contributed by atoms with van der Waals surface area (Å²) in [6.45, 7) is 1.90. The van der Waals surface area contributed by atoms with Crippen LogP contribution in [0, 0.1) is 17.1 Å². The fourth-order valence-corrected chi connectivity index (χ4v) is 1.90. The van der Waals surface area contributed by atoms with Gasteiger partial charge in [0.05, 0.1) is 17.7 Å². The molecule has 19 heavy (non-hydrogen) atoms. The Bertz CT molecular complexity index is 619. The minimum atomic E-state index is -0.238. The summed E-state index contributed by atoms with van der Waals surface area (Å²) in [5.74, 6) is 0.410. The lowest BCUT2D eigenvalue weighted by molar-refractivity contribution is 0.584. The van der Waals surface area contributed by atoms with E-state index in [4.69, 9.17) is 5.26 Å². The van der Waals surface area contributed by atoms with Crippen molar-refractivity contribution in [3.05, 3.63) is 59.5 Å². The van der Waals surface area contributed by atoms with Crippen LogP contribution in [0.2, 0.25) is 0 Å². The molecule has 4 heteroatoms. The first-order valence-corrected chi connectivity index (χ1v) is 5.97. The zero-order valence-corrected chi connectivity index (χ0v) is 10.8. The predicted molar refractivity (Wildman–Crippen MR) is 72.2 cm³/mol. The van der Waals surface area contributed by atoms with Crippen molar-refractivity contribution in [2.75, 3.05) is 11.9 Å². The van der Waals surface area contributed by atoms with Crippen molar-refractivity contribution in [2.45, 2.75) is 13.0 Å². The van der Waals surface area contributed by atoms with E-state index in [2.05, 4.69) is 11.1 Å². The van der Waals surface area contributed by atoms with E-state index in [0.29, 0.717) is 16.9 Å². The standard InChI is InChI=1S/C15H14FN3/c1-11(13-5-3-4-6-14(13)16)19(2)15-9-12(10-17)7-8-18-15/h3-9,11H,1-2H3. The molecule has 1 unspecified atom stereocenters. The normalized spacial score (nSPS) is 11.7. The Labute approximate surface area is 111 Å². The van der Waals surface area contributed by atoms with Crippen LogP contribution in [0.25, 0.3) is 0 Å². The van der Waals surface area contributed by atoms with E-state index in [-0.39, 0.29) is 11.9 Å². The minimum Gasteiger partial charge on any atom is -0.353 e. The molecule has 0 aliphatic rings. The van der Waals surface area contributed by atoms with E-state index in [1.165, 1.54) is 6.07 Å². The van der Waals surface area contributed by atoms with E-state index < -0.39 is 0 Å². The maximum absolute atomic E-state index is 13.8. The molecule has 3 nitrogen and oxygen atoms in total. The average Bonchev–Trinajstić information content (AvgIpc) is 2.46. The lowest BCUT2D eigenvalue weighted by Crippen LogP contribution is -2.23. The first-order valence-electron chi connectivity index (χ1n) is 5.97. The number of nitrogens with zero attached hydrogens (tertiary/aromatic N) is 3. The van der Waals surface area contributed by atoms with Gasteiger partial charge in [0.2, 0.25) is 0 Å². The molecule has 0 N–H and O–H groups in total. The molecule has 0 aliphatic heterocycles. The molecule has 1 aromatic heterocycles. The van der Waals surface area contributed by atoms with Crippen LogP contribution >= 0.6 is 0 Å². The largest absolute Gasteiger partial charge is 0.353 e. The molecule has 0 spiro atoms. The smallest absolute Gasteiger partial charge is 0.130 e. The summed E-state index contributed by atoms with van der Waals surface area (Å²) >= 11 is 0. The Hall–Kier alpha value is -2.41. The summed E-state index contributed by atoms with van der Waals surface area (Å²) in [6, 6.07) is 11.9. The highest BCUT2D eigenvalue weighted by Gasteiger charge is 2.16. The highest BCUT2D eigenvalue weighted by molar-refractivity contribution is 5.46. The molecule has 0 radical (unpaired) electrons. The number of rotatable bonds is 3. The van der Waals surface area contributed by atoms with Crippen LogP contribution in [0.5, 0.6) is 0 Å². The van der Waals surface area contributed by atoms with E-state index in [0.717, 1.165) is 0 Å². The van der Waals surface area contributed by atoms with E-state index in [9.17, 15) is 4.39 Å². The van der Waals surface area contributed by atoms with Crippen LogP contribution in [0.3, 0.4) is 0 Å². The summed E-state index contributed by atoms with van der Waals surface area (Å²) < 4.78 is 13.8. The molecule has 96 valence electrons. The molecular weight excluding hydrogens is 241 g/mol. The Morgan fingerprint density at radius 3 is 2.74 bits per heavy atom. The van der Waals surface area contributed by atoms with Gasteiger partial charge in [0, 0.05) is 18.8 Å². The quantitative estimate of drug-likeness (QED) is 0.845. The number of hydrogen-bond acceptors (Lipinski definition) is 3. The van der Waals surface area contributed by atoms with Gasteiger partial charge in [0.15, 0.2) is 0 Å². The van der Waals surface area contributed by atoms with E-state index in [1.807, 2.05) is 24.9 Å². The Kier molecular flexibility index (Phi) is 3.76. The van der Waals surface area contributed by atoms with Gasteiger partial charge in [-0.3, -0.25) is 0 Å². The number of nitriles is 1. The van der Waals surface area contributed by atoms with Crippen molar-refractivity contribution in [2.24, 2.45) is 0 Å². The van der Waals surface area contributed by atoms with Crippen LogP contribution < -0.4 is 4.90 Å². The number of benzene rings is 1. The molecule has 2 rings (SSSR count). The molecule has 0 saturated heterocycles. The molecule has 0 fully saturated rings. The fourth-order valence-electron chi connectivity index (χ4n) is 1.90. The highest BCUT2D eigenvalue weighted by Crippen LogP contribution is 2.25. The van der Waals surface area contributed by atoms with Crippen LogP contribution in [-0.2, 0) is 0 Å². The first kappa shape index (κ1) is 13.0. The fraction of sp³-hybridized carbons (Fsp3) is 0.200. The van der Waals surface area contributed by atoms with E-state index >= 15 is 0 Å². The van der Waals surface area contributed by atoms with Crippen LogP contribution in [0.15, 0.2) is 42.6 Å². The topological polar surface area (TPSA) is 39.9 Å². The van der Waals surface area contributed by atoms with Crippen molar-refractivity contribution in [3.63, 3.8) is 0 Å². The molecule has 0 aliphatic carbocycles. The lowest BCUT2D eigenvalue weighted by Gasteiger charge is -2.26. The van der Waals surface area contributed by atoms with Crippen LogP contribution in [-0.4, -0.2) is 12.0 Å². The summed E-state index contributed by atoms with van der Waals surface area (Å²) in [5, 5.41) is 8.89. The average molecular weight is 255 g/mol. The van der Waals surface area contributed by atoms with Crippen molar-refractivity contribution in [1.29, 1.82) is 5.26 Å². The van der Waals surface area contributed by atoms with Gasteiger partial charge in [-0.1, -0.05) is 18.2 Å². The van der Waals surface area contributed by atoms with Gasteiger partial charge in [0.1, 0.15) is 11.6 Å². The van der Waals surface area contributed by atoms with Crippen molar-refractivity contribution < 1.29 is 4.39 Å². The second-order valence-corrected chi connectivity index (χ2v) is 4.32. The van der Waals surface area contributed by atoms with Crippen molar-refractivity contribution in [3.8, 4) is 6.07 Å². The molecule has 0 saturated carbocycles. The SMILES string of the molecule is CC(c1ccccc1F)N(C)c1cc(C#N)ccn1. The molecular formula is C15H14FN3. The zero-order chi connectivity index (χ0) is 13.8. The third-order valence-corrected chi connectivity index (χ3v) is 3.17. The van der Waals surface area contributed by atoms with Crippen LogP contribution in [0.4, 0.5) is 10.2 Å². The van der Waals surface area contributed by atoms with Gasteiger partial charge < -0.3 is 4.90 Å². The van der Waals surface area contributed by atoms with Gasteiger partial charge in [-0.05, 0) is 25.1 Å². The van der Waals surface area contributed by atoms with Gasteiger partial charge in [-0.2, -0.15) is 5.26 Å². The third kappa shape index (κ3) is 2.71. The Balaban J connectivity index is 2.31. The number of hydrogen-bond donors (Lipinski definition) is 0. The van der Waals surface area contributed by atoms with Crippen molar-refractivity contribution in [1.82, 2.24) is 4.98 Å². The lowest BCUT2D eigenvalue weighted by atomic mass is 10.1. The molecule has 0 amide bonds. The van der Waals surface area contributed by atoms with Gasteiger partial charge >= 0.3 is 0 Å². The maximum atomic E-state index is 13.8. The van der Waals surface area contributed by atoms with Gasteiger partial charge in [0.25, 0.3) is 0 Å². The number of pyridine rings is 1. The highest BCUT2D eigenvalue weighted by atomic mass is 19.1. The molecule has 1 atom stereocenters. The predicted octanol–water partition coefficient (Wildman–Crippen LogP) is 3.29. The Morgan fingerprint density at radius 1 is 1.32 bits per heavy atom. The zero-order valence-electron chi connectivity index (χ0n) is 10.8. The monoisotopic (exact) mass is 255 g/mol. The summed E-state index contributed by atoms with van der Waals surface area (Å²) in [7, 11) is 1.83.